The van der Waals surface area contributed by atoms with Gasteiger partial charge in [-0.1, -0.05) is 0 Å². The molecule has 0 aromatic heterocycles. The molecule has 0 aliphatic heterocycles. The Morgan fingerprint density at radius 2 is 2.06 bits per heavy atom. The van der Waals surface area contributed by atoms with E-state index >= 15 is 0 Å². The van der Waals surface area contributed by atoms with Gasteiger partial charge in [0.1, 0.15) is 0 Å². The first-order valence-corrected chi connectivity index (χ1v) is 6.28. The Kier molecular flexibility index (Phi) is 6.30. The zero-order valence-corrected chi connectivity index (χ0v) is 10.7. The topological polar surface area (TPSA) is 44.5 Å². The third-order valence-electron chi connectivity index (χ3n) is 2.17. The maximum absolute atomic E-state index is 5.75. The van der Waals surface area contributed by atoms with Crippen LogP contribution in [0, 0.1) is 6.92 Å². The van der Waals surface area contributed by atoms with Crippen molar-refractivity contribution in [2.75, 3.05) is 38.4 Å². The molecule has 1 aromatic rings. The average molecular weight is 241 g/mol. The molecule has 2 N–H and O–H groups in total. The van der Waals surface area contributed by atoms with Gasteiger partial charge < -0.3 is 15.2 Å². The van der Waals surface area contributed by atoms with Gasteiger partial charge >= 0.3 is 0 Å². The van der Waals surface area contributed by atoms with Crippen LogP contribution in [-0.4, -0.2) is 32.7 Å². The SMILES string of the molecule is COCCOCCSc1ccc(N)c(C)c1. The number of nitrogens with two attached hydrogens (primary N) is 1. The standard InChI is InChI=1S/C12H19NO2S/c1-10-9-11(3-4-12(10)13)16-8-7-15-6-5-14-2/h3-4,9H,5-8,13H2,1-2H3. The minimum absolute atomic E-state index is 0.658. The normalized spacial score (nSPS) is 10.6. The first kappa shape index (κ1) is 13.4. The first-order chi connectivity index (χ1) is 7.74. The highest BCUT2D eigenvalue weighted by Crippen LogP contribution is 2.22. The fourth-order valence-electron chi connectivity index (χ4n) is 1.20. The molecule has 1 rings (SSSR count). The third-order valence-corrected chi connectivity index (χ3v) is 3.13. The van der Waals surface area contributed by atoms with Crippen molar-refractivity contribution in [1.82, 2.24) is 0 Å². The molecule has 0 aliphatic rings. The number of rotatable bonds is 7. The molecule has 0 spiro atoms. The van der Waals surface area contributed by atoms with Gasteiger partial charge in [0.25, 0.3) is 0 Å². The molecule has 0 fully saturated rings. The van der Waals surface area contributed by atoms with Gasteiger partial charge in [-0.2, -0.15) is 0 Å². The van der Waals surface area contributed by atoms with Crippen LogP contribution in [0.1, 0.15) is 5.56 Å². The average Bonchev–Trinajstić information content (AvgIpc) is 2.28. The lowest BCUT2D eigenvalue weighted by Crippen LogP contribution is -2.04. The Morgan fingerprint density at radius 1 is 1.25 bits per heavy atom. The number of anilines is 1. The molecule has 3 nitrogen and oxygen atoms in total. The molecule has 0 atom stereocenters. The van der Waals surface area contributed by atoms with Gasteiger partial charge in [-0.05, 0) is 30.7 Å². The Hall–Kier alpha value is -0.710. The summed E-state index contributed by atoms with van der Waals surface area (Å²) in [7, 11) is 1.68. The lowest BCUT2D eigenvalue weighted by Gasteiger charge is -2.05. The quantitative estimate of drug-likeness (QED) is 0.452. The van der Waals surface area contributed by atoms with Crippen LogP contribution in [0.5, 0.6) is 0 Å². The van der Waals surface area contributed by atoms with Crippen molar-refractivity contribution in [2.24, 2.45) is 0 Å². The van der Waals surface area contributed by atoms with Gasteiger partial charge in [0.15, 0.2) is 0 Å². The molecule has 0 saturated carbocycles. The van der Waals surface area contributed by atoms with Gasteiger partial charge in [-0.25, -0.2) is 0 Å². The van der Waals surface area contributed by atoms with E-state index < -0.39 is 0 Å². The lowest BCUT2D eigenvalue weighted by molar-refractivity contribution is 0.0790. The predicted octanol–water partition coefficient (Wildman–Crippen LogP) is 2.33. The molecule has 0 heterocycles. The summed E-state index contributed by atoms with van der Waals surface area (Å²) >= 11 is 1.78. The van der Waals surface area contributed by atoms with E-state index in [4.69, 9.17) is 15.2 Å². The summed E-state index contributed by atoms with van der Waals surface area (Å²) in [6.07, 6.45) is 0. The van der Waals surface area contributed by atoms with E-state index in [1.165, 1.54) is 4.90 Å². The maximum Gasteiger partial charge on any atom is 0.0700 e. The molecule has 0 amide bonds. The van der Waals surface area contributed by atoms with Crippen molar-refractivity contribution in [3.63, 3.8) is 0 Å². The van der Waals surface area contributed by atoms with Gasteiger partial charge in [0.2, 0.25) is 0 Å². The van der Waals surface area contributed by atoms with E-state index in [0.29, 0.717) is 13.2 Å². The second-order valence-electron chi connectivity index (χ2n) is 3.47. The molecule has 16 heavy (non-hydrogen) atoms. The fraction of sp³-hybridized carbons (Fsp3) is 0.500. The molecule has 0 aliphatic carbocycles. The zero-order chi connectivity index (χ0) is 11.8. The number of hydrogen-bond donors (Lipinski definition) is 1. The molecule has 0 radical (unpaired) electrons. The van der Waals surface area contributed by atoms with Gasteiger partial charge in [-0.3, -0.25) is 0 Å². The molecule has 0 saturated heterocycles. The number of thioether (sulfide) groups is 1. The zero-order valence-electron chi connectivity index (χ0n) is 9.86. The van der Waals surface area contributed by atoms with Crippen LogP contribution in [0.25, 0.3) is 0 Å². The van der Waals surface area contributed by atoms with E-state index in [1.807, 2.05) is 19.1 Å². The predicted molar refractivity (Wildman–Crippen MR) is 69.0 cm³/mol. The lowest BCUT2D eigenvalue weighted by atomic mass is 10.2. The van der Waals surface area contributed by atoms with Gasteiger partial charge in [-0.15, -0.1) is 11.8 Å². The number of ether oxygens (including phenoxy) is 2. The van der Waals surface area contributed by atoms with Crippen molar-refractivity contribution in [2.45, 2.75) is 11.8 Å². The molecule has 90 valence electrons. The second kappa shape index (κ2) is 7.54. The van der Waals surface area contributed by atoms with Gasteiger partial charge in [0, 0.05) is 23.4 Å². The van der Waals surface area contributed by atoms with Crippen molar-refractivity contribution < 1.29 is 9.47 Å². The summed E-state index contributed by atoms with van der Waals surface area (Å²) < 4.78 is 10.3. The summed E-state index contributed by atoms with van der Waals surface area (Å²) in [4.78, 5) is 1.24. The van der Waals surface area contributed by atoms with E-state index in [0.717, 1.165) is 23.6 Å². The second-order valence-corrected chi connectivity index (χ2v) is 4.64. The van der Waals surface area contributed by atoms with Crippen LogP contribution in [0.2, 0.25) is 0 Å². The molecule has 0 unspecified atom stereocenters. The third kappa shape index (κ3) is 4.88. The van der Waals surface area contributed by atoms with Crippen molar-refractivity contribution in [1.29, 1.82) is 0 Å². The molecule has 0 bridgehead atoms. The van der Waals surface area contributed by atoms with Gasteiger partial charge in [0.05, 0.1) is 19.8 Å². The van der Waals surface area contributed by atoms with E-state index in [9.17, 15) is 0 Å². The number of nitrogen functional groups attached to an aromatic ring is 1. The van der Waals surface area contributed by atoms with Crippen LogP contribution >= 0.6 is 11.8 Å². The minimum Gasteiger partial charge on any atom is -0.399 e. The van der Waals surface area contributed by atoms with Crippen LogP contribution in [-0.2, 0) is 9.47 Å². The maximum atomic E-state index is 5.75. The molecule has 1 aromatic carbocycles. The summed E-state index contributed by atoms with van der Waals surface area (Å²) in [5.41, 5.74) is 7.73. The molecular weight excluding hydrogens is 222 g/mol. The summed E-state index contributed by atoms with van der Waals surface area (Å²) in [6, 6.07) is 6.10. The van der Waals surface area contributed by atoms with Crippen LogP contribution < -0.4 is 5.73 Å². The van der Waals surface area contributed by atoms with E-state index in [2.05, 4.69) is 6.07 Å². The van der Waals surface area contributed by atoms with Crippen molar-refractivity contribution in [3.05, 3.63) is 23.8 Å². The minimum atomic E-state index is 0.658. The highest BCUT2D eigenvalue weighted by Gasteiger charge is 1.97. The number of methoxy groups -OCH3 is 1. The monoisotopic (exact) mass is 241 g/mol. The van der Waals surface area contributed by atoms with Crippen LogP contribution in [0.4, 0.5) is 5.69 Å². The molecular formula is C12H19NO2S. The smallest absolute Gasteiger partial charge is 0.0700 e. The Bertz CT molecular complexity index is 318. The molecule has 4 heteroatoms. The fourth-order valence-corrected chi connectivity index (χ4v) is 2.06. The Morgan fingerprint density at radius 3 is 2.75 bits per heavy atom. The number of hydrogen-bond acceptors (Lipinski definition) is 4. The summed E-state index contributed by atoms with van der Waals surface area (Å²) in [5.74, 6) is 0.951. The number of aryl methyl sites for hydroxylation is 1. The van der Waals surface area contributed by atoms with Crippen molar-refractivity contribution >= 4 is 17.4 Å². The van der Waals surface area contributed by atoms with E-state index in [1.54, 1.807) is 18.9 Å². The number of benzene rings is 1. The highest BCUT2D eigenvalue weighted by atomic mass is 32.2. The Labute approximate surface area is 101 Å². The first-order valence-electron chi connectivity index (χ1n) is 5.29. The van der Waals surface area contributed by atoms with E-state index in [-0.39, 0.29) is 0 Å². The van der Waals surface area contributed by atoms with Crippen LogP contribution in [0.15, 0.2) is 23.1 Å². The highest BCUT2D eigenvalue weighted by molar-refractivity contribution is 7.99. The summed E-state index contributed by atoms with van der Waals surface area (Å²) in [5, 5.41) is 0. The van der Waals surface area contributed by atoms with Crippen LogP contribution in [0.3, 0.4) is 0 Å². The van der Waals surface area contributed by atoms with Crippen molar-refractivity contribution in [3.8, 4) is 0 Å². The Balaban J connectivity index is 2.19. The summed E-state index contributed by atoms with van der Waals surface area (Å²) in [6.45, 7) is 4.09. The largest absolute Gasteiger partial charge is 0.399 e.